The molecule has 5 rings (SSSR count). The number of esters is 1. The number of fused-ring (bicyclic) bond motifs is 3. The van der Waals surface area contributed by atoms with Crippen molar-refractivity contribution in [3.63, 3.8) is 0 Å². The largest absolute Gasteiger partial charge is 0.493 e. The van der Waals surface area contributed by atoms with Gasteiger partial charge < -0.3 is 14.2 Å². The lowest BCUT2D eigenvalue weighted by atomic mass is 10.0. The maximum atomic E-state index is 14.3. The van der Waals surface area contributed by atoms with E-state index in [-0.39, 0.29) is 43.3 Å². The number of alkyl halides is 3. The predicted octanol–water partition coefficient (Wildman–Crippen LogP) is 5.02. The van der Waals surface area contributed by atoms with Gasteiger partial charge in [0.05, 0.1) is 37.0 Å². The molecule has 0 saturated carbocycles. The third-order valence-electron chi connectivity index (χ3n) is 6.58. The summed E-state index contributed by atoms with van der Waals surface area (Å²) in [5.41, 5.74) is 1.42. The second-order valence-electron chi connectivity index (χ2n) is 9.09. The van der Waals surface area contributed by atoms with E-state index in [9.17, 15) is 18.0 Å². The van der Waals surface area contributed by atoms with Crippen molar-refractivity contribution in [2.24, 2.45) is 0 Å². The first-order valence-electron chi connectivity index (χ1n) is 12.8. The molecule has 0 bridgehead atoms. The number of para-hydroxylation sites is 1. The number of hydrogen-bond acceptors (Lipinski definition) is 10. The van der Waals surface area contributed by atoms with Gasteiger partial charge in [-0.25, -0.2) is 4.68 Å². The highest BCUT2D eigenvalue weighted by Gasteiger charge is 2.43. The summed E-state index contributed by atoms with van der Waals surface area (Å²) in [6.07, 6.45) is -4.69. The fourth-order valence-electron chi connectivity index (χ4n) is 4.82. The molecule has 42 heavy (non-hydrogen) atoms. The van der Waals surface area contributed by atoms with Gasteiger partial charge in [-0.05, 0) is 53.6 Å². The lowest BCUT2D eigenvalue weighted by molar-refractivity contribution is -0.146. The molecule has 0 N–H and O–H groups in total. The summed E-state index contributed by atoms with van der Waals surface area (Å²) in [6.45, 7) is 2.07. The number of tetrazole rings is 1. The molecule has 4 aromatic rings. The summed E-state index contributed by atoms with van der Waals surface area (Å²) in [5, 5.41) is 18.3. The Bertz CT molecular complexity index is 1600. The average molecular weight is 624 g/mol. The number of aryl methyl sites for hydroxylation is 1. The van der Waals surface area contributed by atoms with Gasteiger partial charge in [0.2, 0.25) is 5.82 Å². The summed E-state index contributed by atoms with van der Waals surface area (Å²) in [7, 11) is 3.00. The number of hydrogen-bond donors (Lipinski definition) is 0. The highest BCUT2D eigenvalue weighted by molar-refractivity contribution is 8.00. The number of thioether (sulfide) groups is 1. The van der Waals surface area contributed by atoms with Crippen molar-refractivity contribution < 1.29 is 32.2 Å². The van der Waals surface area contributed by atoms with Crippen LogP contribution in [0.25, 0.3) is 5.69 Å². The molecule has 1 aliphatic heterocycles. The van der Waals surface area contributed by atoms with Crippen LogP contribution in [-0.2, 0) is 28.7 Å². The lowest BCUT2D eigenvalue weighted by Crippen LogP contribution is -2.17. The Morgan fingerprint density at radius 3 is 2.62 bits per heavy atom. The Hall–Kier alpha value is -3.85. The fraction of sp³-hybridized carbons (Fsp3) is 0.385. The molecule has 2 aromatic heterocycles. The zero-order valence-corrected chi connectivity index (χ0v) is 24.2. The number of methoxy groups -OCH3 is 2. The summed E-state index contributed by atoms with van der Waals surface area (Å²) < 4.78 is 61.5. The third-order valence-corrected chi connectivity index (χ3v) is 8.37. The van der Waals surface area contributed by atoms with Crippen LogP contribution in [0.15, 0.2) is 36.4 Å². The van der Waals surface area contributed by atoms with E-state index < -0.39 is 28.5 Å². The van der Waals surface area contributed by atoms with E-state index in [1.54, 1.807) is 25.1 Å². The Morgan fingerprint density at radius 2 is 1.90 bits per heavy atom. The molecule has 0 saturated heterocycles. The van der Waals surface area contributed by atoms with Gasteiger partial charge in [-0.15, -0.1) is 27.1 Å². The highest BCUT2D eigenvalue weighted by Crippen LogP contribution is 2.54. The van der Waals surface area contributed by atoms with Crippen LogP contribution in [0.1, 0.15) is 52.4 Å². The highest BCUT2D eigenvalue weighted by atomic mass is 35.5. The molecule has 11 nitrogen and oxygen atoms in total. The Balaban J connectivity index is 1.63. The molecule has 2 atom stereocenters. The molecule has 3 heterocycles. The minimum absolute atomic E-state index is 0.0975. The maximum absolute atomic E-state index is 14.3. The Morgan fingerprint density at radius 1 is 1.10 bits per heavy atom. The molecular formula is C26H25ClF3N7O4S. The molecule has 0 aliphatic carbocycles. The normalized spacial score (nSPS) is 16.4. The molecule has 0 unspecified atom stereocenters. The van der Waals surface area contributed by atoms with E-state index >= 15 is 0 Å². The summed E-state index contributed by atoms with van der Waals surface area (Å²) >= 11 is 7.76. The van der Waals surface area contributed by atoms with Gasteiger partial charge in [-0.3, -0.25) is 9.36 Å². The van der Waals surface area contributed by atoms with Crippen molar-refractivity contribution in [1.29, 1.82) is 0 Å². The van der Waals surface area contributed by atoms with Crippen LogP contribution in [0.3, 0.4) is 0 Å². The van der Waals surface area contributed by atoms with Crippen molar-refractivity contribution >= 4 is 29.3 Å². The predicted molar refractivity (Wildman–Crippen MR) is 146 cm³/mol. The zero-order valence-electron chi connectivity index (χ0n) is 22.6. The topological polar surface area (TPSA) is 119 Å². The van der Waals surface area contributed by atoms with Crippen LogP contribution < -0.4 is 9.47 Å². The van der Waals surface area contributed by atoms with Crippen LogP contribution in [0.2, 0.25) is 5.02 Å². The number of carbonyl (C=O) groups is 1. The van der Waals surface area contributed by atoms with Gasteiger partial charge in [-0.2, -0.15) is 13.2 Å². The molecule has 0 fully saturated rings. The van der Waals surface area contributed by atoms with Crippen LogP contribution in [0, 0.1) is 0 Å². The van der Waals surface area contributed by atoms with Crippen LogP contribution in [0.4, 0.5) is 13.2 Å². The first kappa shape index (κ1) is 29.6. The SMILES string of the molecule is CCOC(=O)Cc1nnnn1CC[C@H]1S[C@H](c2cccc(OC)c2OC)c2cc(Cl)ccc2-n2c1nnc2C(F)(F)F. The van der Waals surface area contributed by atoms with E-state index in [1.807, 2.05) is 6.07 Å². The molecule has 2 aromatic carbocycles. The van der Waals surface area contributed by atoms with Crippen LogP contribution in [-0.4, -0.2) is 61.8 Å². The quantitative estimate of drug-likeness (QED) is 0.235. The van der Waals surface area contributed by atoms with Gasteiger partial charge in [0, 0.05) is 17.1 Å². The number of rotatable bonds is 9. The zero-order chi connectivity index (χ0) is 30.0. The fourth-order valence-corrected chi connectivity index (χ4v) is 6.52. The van der Waals surface area contributed by atoms with Gasteiger partial charge in [0.25, 0.3) is 0 Å². The molecule has 1 aliphatic rings. The number of halogens is 4. The van der Waals surface area contributed by atoms with Crippen molar-refractivity contribution in [2.75, 3.05) is 20.8 Å². The van der Waals surface area contributed by atoms with Crippen LogP contribution in [0.5, 0.6) is 11.5 Å². The molecule has 0 radical (unpaired) electrons. The van der Waals surface area contributed by atoms with Gasteiger partial charge in [-0.1, -0.05) is 23.7 Å². The second kappa shape index (κ2) is 12.2. The number of carbonyl (C=O) groups excluding carboxylic acids is 1. The number of aromatic nitrogens is 7. The minimum atomic E-state index is -4.78. The second-order valence-corrected chi connectivity index (χ2v) is 10.8. The van der Waals surface area contributed by atoms with Gasteiger partial charge in [0.1, 0.15) is 6.42 Å². The van der Waals surface area contributed by atoms with E-state index in [4.69, 9.17) is 25.8 Å². The molecule has 0 spiro atoms. The molecule has 222 valence electrons. The molecule has 16 heteroatoms. The van der Waals surface area contributed by atoms with E-state index in [0.29, 0.717) is 27.6 Å². The first-order chi connectivity index (χ1) is 20.2. The van der Waals surface area contributed by atoms with E-state index in [0.717, 1.165) is 4.57 Å². The van der Waals surface area contributed by atoms with Crippen LogP contribution >= 0.6 is 23.4 Å². The summed E-state index contributed by atoms with van der Waals surface area (Å²) in [5.74, 6) is -0.383. The van der Waals surface area contributed by atoms with Gasteiger partial charge >= 0.3 is 12.1 Å². The number of nitrogens with zero attached hydrogens (tertiary/aromatic N) is 7. The standard InChI is InChI=1S/C26H25ClF3N7O4S/c1-4-41-21(38)13-20-31-34-35-36(20)11-10-19-24-32-33-25(26(28,29)30)37(24)17-9-8-14(27)12-16(17)23(42-19)15-6-5-7-18(39-2)22(15)40-3/h5-9,12,19,23H,4,10-11,13H2,1-3H3/t19-,23-/m1/s1. The maximum Gasteiger partial charge on any atom is 0.452 e. The monoisotopic (exact) mass is 623 g/mol. The minimum Gasteiger partial charge on any atom is -0.493 e. The summed E-state index contributed by atoms with van der Waals surface area (Å²) in [4.78, 5) is 12.0. The van der Waals surface area contributed by atoms with Gasteiger partial charge in [0.15, 0.2) is 23.1 Å². The Kier molecular flexibility index (Phi) is 8.59. The third kappa shape index (κ3) is 5.75. The summed E-state index contributed by atoms with van der Waals surface area (Å²) in [6, 6.07) is 10.0. The van der Waals surface area contributed by atoms with Crippen molar-refractivity contribution in [3.05, 3.63) is 70.0 Å². The number of ether oxygens (including phenoxy) is 3. The smallest absolute Gasteiger partial charge is 0.452 e. The molecular weight excluding hydrogens is 599 g/mol. The Labute approximate surface area is 247 Å². The van der Waals surface area contributed by atoms with Crippen molar-refractivity contribution in [2.45, 2.75) is 43.0 Å². The lowest BCUT2D eigenvalue weighted by Gasteiger charge is -2.24. The number of benzene rings is 2. The van der Waals surface area contributed by atoms with E-state index in [1.165, 1.54) is 42.8 Å². The van der Waals surface area contributed by atoms with E-state index in [2.05, 4.69) is 25.7 Å². The van der Waals surface area contributed by atoms with Crippen molar-refractivity contribution in [1.82, 2.24) is 35.0 Å². The first-order valence-corrected chi connectivity index (χ1v) is 14.1. The average Bonchev–Trinajstić information content (AvgIpc) is 3.57. The van der Waals surface area contributed by atoms with Crippen molar-refractivity contribution in [3.8, 4) is 17.2 Å². The molecule has 0 amide bonds.